The van der Waals surface area contributed by atoms with Gasteiger partial charge < -0.3 is 9.15 Å². The molecule has 0 amide bonds. The van der Waals surface area contributed by atoms with Crippen molar-refractivity contribution in [2.45, 2.75) is 5.75 Å². The van der Waals surface area contributed by atoms with Crippen LogP contribution in [0.1, 0.15) is 5.89 Å². The highest BCUT2D eigenvalue weighted by Gasteiger charge is 2.20. The van der Waals surface area contributed by atoms with Gasteiger partial charge in [-0.25, -0.2) is 12.7 Å². The van der Waals surface area contributed by atoms with Crippen LogP contribution in [-0.4, -0.2) is 44.1 Å². The smallest absolute Gasteiger partial charge is 0.247 e. The van der Waals surface area contributed by atoms with Gasteiger partial charge in [0.25, 0.3) is 0 Å². The maximum atomic E-state index is 11.8. The highest BCUT2D eigenvalue weighted by Crippen LogP contribution is 2.30. The van der Waals surface area contributed by atoms with E-state index in [1.165, 1.54) is 14.1 Å². The van der Waals surface area contributed by atoms with Gasteiger partial charge in [-0.05, 0) is 34.1 Å². The monoisotopic (exact) mass is 375 g/mol. The van der Waals surface area contributed by atoms with Crippen LogP contribution in [0.4, 0.5) is 0 Å². The fourth-order valence-corrected chi connectivity index (χ4v) is 2.74. The van der Waals surface area contributed by atoms with E-state index in [2.05, 4.69) is 26.1 Å². The number of halogens is 1. The van der Waals surface area contributed by atoms with Crippen molar-refractivity contribution in [2.24, 2.45) is 0 Å². The molecule has 0 radical (unpaired) electrons. The summed E-state index contributed by atoms with van der Waals surface area (Å²) in [6, 6.07) is 5.26. The molecule has 0 N–H and O–H groups in total. The summed E-state index contributed by atoms with van der Waals surface area (Å²) in [4.78, 5) is 0. The molecule has 114 valence electrons. The van der Waals surface area contributed by atoms with Crippen LogP contribution in [0.2, 0.25) is 0 Å². The minimum absolute atomic E-state index is 0.0469. The molecule has 2 rings (SSSR count). The average Bonchev–Trinajstić information content (AvgIpc) is 2.86. The maximum absolute atomic E-state index is 11.8. The second-order valence-corrected chi connectivity index (χ2v) is 7.43. The van der Waals surface area contributed by atoms with Gasteiger partial charge in [0, 0.05) is 19.7 Å². The normalized spacial score (nSPS) is 11.9. The molecule has 0 fully saturated rings. The number of sulfonamides is 1. The number of hydrogen-bond acceptors (Lipinski definition) is 6. The van der Waals surface area contributed by atoms with E-state index in [-0.39, 0.29) is 17.5 Å². The van der Waals surface area contributed by atoms with Crippen molar-refractivity contribution >= 4 is 26.0 Å². The molecule has 0 atom stereocenters. The number of nitrogens with zero attached hydrogens (tertiary/aromatic N) is 3. The molecule has 0 spiro atoms. The SMILES string of the molecule is COc1ccc(-c2nnc(CS(=O)(=O)N(C)C)o2)cc1Br. The lowest BCUT2D eigenvalue weighted by Gasteiger charge is -2.08. The Kier molecular flexibility index (Phi) is 4.64. The van der Waals surface area contributed by atoms with Crippen LogP contribution in [0, 0.1) is 0 Å². The summed E-state index contributed by atoms with van der Waals surface area (Å²) in [6.07, 6.45) is 0. The van der Waals surface area contributed by atoms with E-state index in [1.54, 1.807) is 25.3 Å². The standard InChI is InChI=1S/C12H14BrN3O4S/c1-16(2)21(17,18)7-11-14-15-12(20-11)8-4-5-10(19-3)9(13)6-8/h4-6H,7H2,1-3H3. The molecular formula is C12H14BrN3O4S. The second kappa shape index (κ2) is 6.12. The summed E-state index contributed by atoms with van der Waals surface area (Å²) in [5.41, 5.74) is 0.670. The number of ether oxygens (including phenoxy) is 1. The minimum atomic E-state index is -3.43. The molecule has 0 bridgehead atoms. The molecular weight excluding hydrogens is 362 g/mol. The van der Waals surface area contributed by atoms with Crippen molar-refractivity contribution in [3.05, 3.63) is 28.6 Å². The quantitative estimate of drug-likeness (QED) is 0.793. The van der Waals surface area contributed by atoms with Gasteiger partial charge in [0.1, 0.15) is 11.5 Å². The zero-order valence-electron chi connectivity index (χ0n) is 11.7. The lowest BCUT2D eigenvalue weighted by atomic mass is 10.2. The van der Waals surface area contributed by atoms with E-state index in [0.29, 0.717) is 11.3 Å². The number of rotatable bonds is 5. The van der Waals surface area contributed by atoms with Crippen molar-refractivity contribution < 1.29 is 17.6 Å². The van der Waals surface area contributed by atoms with Gasteiger partial charge >= 0.3 is 0 Å². The lowest BCUT2D eigenvalue weighted by Crippen LogP contribution is -2.23. The Labute approximate surface area is 131 Å². The predicted octanol–water partition coefficient (Wildman–Crippen LogP) is 1.90. The van der Waals surface area contributed by atoms with E-state index in [0.717, 1.165) is 8.78 Å². The molecule has 0 saturated heterocycles. The molecule has 1 aromatic heterocycles. The van der Waals surface area contributed by atoms with Gasteiger partial charge in [0.15, 0.2) is 0 Å². The van der Waals surface area contributed by atoms with Gasteiger partial charge in [-0.3, -0.25) is 0 Å². The second-order valence-electron chi connectivity index (χ2n) is 4.39. The van der Waals surface area contributed by atoms with Gasteiger partial charge in [-0.2, -0.15) is 0 Å². The third-order valence-electron chi connectivity index (χ3n) is 2.73. The predicted molar refractivity (Wildman–Crippen MR) is 80.3 cm³/mol. The Morgan fingerprint density at radius 3 is 2.62 bits per heavy atom. The summed E-state index contributed by atoms with van der Waals surface area (Å²) < 4.78 is 35.9. The van der Waals surface area contributed by atoms with Crippen LogP contribution in [-0.2, 0) is 15.8 Å². The molecule has 7 nitrogen and oxygen atoms in total. The first-order chi connectivity index (χ1) is 9.83. The lowest BCUT2D eigenvalue weighted by molar-refractivity contribution is 0.412. The van der Waals surface area contributed by atoms with Gasteiger partial charge in [0.05, 0.1) is 11.6 Å². The summed E-state index contributed by atoms with van der Waals surface area (Å²) in [5, 5.41) is 7.63. The summed E-state index contributed by atoms with van der Waals surface area (Å²) >= 11 is 3.36. The van der Waals surface area contributed by atoms with Crippen LogP contribution in [0.15, 0.2) is 27.1 Å². The van der Waals surface area contributed by atoms with Crippen LogP contribution in [0.5, 0.6) is 5.75 Å². The highest BCUT2D eigenvalue weighted by molar-refractivity contribution is 9.10. The Hall–Kier alpha value is -1.45. The molecule has 0 aliphatic heterocycles. The van der Waals surface area contributed by atoms with Crippen LogP contribution in [0.25, 0.3) is 11.5 Å². The highest BCUT2D eigenvalue weighted by atomic mass is 79.9. The number of aromatic nitrogens is 2. The molecule has 0 aliphatic rings. The first-order valence-corrected chi connectivity index (χ1v) is 8.30. The van der Waals surface area contributed by atoms with Crippen molar-refractivity contribution in [3.8, 4) is 17.2 Å². The molecule has 0 saturated carbocycles. The molecule has 2 aromatic rings. The third-order valence-corrected chi connectivity index (χ3v) is 5.07. The molecule has 0 unspecified atom stereocenters. The summed E-state index contributed by atoms with van der Waals surface area (Å²) in [7, 11) is 1.04. The minimum Gasteiger partial charge on any atom is -0.496 e. The molecule has 9 heteroatoms. The van der Waals surface area contributed by atoms with Crippen LogP contribution < -0.4 is 4.74 Å². The van der Waals surface area contributed by atoms with Crippen molar-refractivity contribution in [3.63, 3.8) is 0 Å². The zero-order valence-corrected chi connectivity index (χ0v) is 14.1. The van der Waals surface area contributed by atoms with Crippen molar-refractivity contribution in [2.75, 3.05) is 21.2 Å². The first kappa shape index (κ1) is 15.9. The van der Waals surface area contributed by atoms with E-state index in [9.17, 15) is 8.42 Å². The Morgan fingerprint density at radius 1 is 1.33 bits per heavy atom. The average molecular weight is 376 g/mol. The Balaban J connectivity index is 2.26. The van der Waals surface area contributed by atoms with Gasteiger partial charge in [0.2, 0.25) is 21.8 Å². The first-order valence-electron chi connectivity index (χ1n) is 5.90. The number of benzene rings is 1. The third kappa shape index (κ3) is 3.60. The fourth-order valence-electron chi connectivity index (χ4n) is 1.51. The van der Waals surface area contributed by atoms with Gasteiger partial charge in [-0.15, -0.1) is 10.2 Å². The van der Waals surface area contributed by atoms with Crippen LogP contribution in [0.3, 0.4) is 0 Å². The van der Waals surface area contributed by atoms with Gasteiger partial charge in [-0.1, -0.05) is 0 Å². The van der Waals surface area contributed by atoms with Crippen molar-refractivity contribution in [1.82, 2.24) is 14.5 Å². The number of hydrogen-bond donors (Lipinski definition) is 0. The van der Waals surface area contributed by atoms with E-state index in [4.69, 9.17) is 9.15 Å². The molecule has 1 heterocycles. The van der Waals surface area contributed by atoms with E-state index >= 15 is 0 Å². The largest absolute Gasteiger partial charge is 0.496 e. The van der Waals surface area contributed by atoms with E-state index in [1.807, 2.05) is 0 Å². The Bertz CT molecular complexity index is 743. The summed E-state index contributed by atoms with van der Waals surface area (Å²) in [5.74, 6) is 0.645. The van der Waals surface area contributed by atoms with Crippen LogP contribution >= 0.6 is 15.9 Å². The Morgan fingerprint density at radius 2 is 2.05 bits per heavy atom. The summed E-state index contributed by atoms with van der Waals surface area (Å²) in [6.45, 7) is 0. The van der Waals surface area contributed by atoms with Crippen molar-refractivity contribution in [1.29, 1.82) is 0 Å². The number of methoxy groups -OCH3 is 1. The topological polar surface area (TPSA) is 85.5 Å². The maximum Gasteiger partial charge on any atom is 0.247 e. The molecule has 0 aliphatic carbocycles. The zero-order chi connectivity index (χ0) is 15.6. The molecule has 21 heavy (non-hydrogen) atoms. The molecule has 1 aromatic carbocycles. The fraction of sp³-hybridized carbons (Fsp3) is 0.333. The van der Waals surface area contributed by atoms with E-state index < -0.39 is 10.0 Å².